The molecule has 1 aromatic carbocycles. The summed E-state index contributed by atoms with van der Waals surface area (Å²) in [4.78, 5) is 4.37. The number of nitrogens with zero attached hydrogens (tertiary/aromatic N) is 2. The quantitative estimate of drug-likeness (QED) is 0.825. The van der Waals surface area contributed by atoms with Gasteiger partial charge in [0, 0.05) is 37.6 Å². The van der Waals surface area contributed by atoms with Gasteiger partial charge in [-0.25, -0.2) is 4.98 Å². The molecule has 0 amide bonds. The van der Waals surface area contributed by atoms with Gasteiger partial charge in [0.1, 0.15) is 5.82 Å². The average molecular weight is 229 g/mol. The number of aromatic nitrogens is 2. The number of anilines is 1. The molecule has 17 heavy (non-hydrogen) atoms. The van der Waals surface area contributed by atoms with Crippen LogP contribution in [0.2, 0.25) is 0 Å². The van der Waals surface area contributed by atoms with Crippen molar-refractivity contribution < 1.29 is 0 Å². The molecule has 0 saturated carbocycles. The van der Waals surface area contributed by atoms with Crippen molar-refractivity contribution in [2.24, 2.45) is 0 Å². The summed E-state index contributed by atoms with van der Waals surface area (Å²) in [6.07, 6.45) is 6.13. The summed E-state index contributed by atoms with van der Waals surface area (Å²) in [5.74, 6) is 1.18. The molecule has 0 spiro atoms. The molecule has 1 N–H and O–H groups in total. The summed E-state index contributed by atoms with van der Waals surface area (Å²) in [6.45, 7) is 4.07. The normalized spacial score (nSPS) is 10.4. The second-order valence-electron chi connectivity index (χ2n) is 4.08. The fourth-order valence-electron chi connectivity index (χ4n) is 1.87. The van der Waals surface area contributed by atoms with Crippen LogP contribution in [-0.2, 0) is 13.0 Å². The molecule has 0 aliphatic heterocycles. The highest BCUT2D eigenvalue weighted by Crippen LogP contribution is 2.05. The van der Waals surface area contributed by atoms with Gasteiger partial charge in [0.25, 0.3) is 0 Å². The Morgan fingerprint density at radius 2 is 2.06 bits per heavy atom. The highest BCUT2D eigenvalue weighted by atomic mass is 15.1. The third-order valence-electron chi connectivity index (χ3n) is 2.73. The van der Waals surface area contributed by atoms with E-state index in [9.17, 15) is 0 Å². The number of imidazole rings is 1. The molecule has 2 aromatic rings. The monoisotopic (exact) mass is 229 g/mol. The fourth-order valence-corrected chi connectivity index (χ4v) is 1.87. The van der Waals surface area contributed by atoms with E-state index in [0.717, 1.165) is 25.9 Å². The molecule has 0 fully saturated rings. The molecule has 0 saturated heterocycles. The summed E-state index contributed by atoms with van der Waals surface area (Å²) in [5.41, 5.74) is 1.17. The molecular formula is C14H19N3. The Hall–Kier alpha value is -1.77. The van der Waals surface area contributed by atoms with Gasteiger partial charge in [-0.3, -0.25) is 0 Å². The van der Waals surface area contributed by atoms with Crippen molar-refractivity contribution >= 4 is 5.69 Å². The lowest BCUT2D eigenvalue weighted by molar-refractivity contribution is 0.663. The van der Waals surface area contributed by atoms with E-state index in [0.29, 0.717) is 0 Å². The van der Waals surface area contributed by atoms with E-state index in [1.54, 1.807) is 0 Å². The summed E-state index contributed by atoms with van der Waals surface area (Å²) in [5, 5.41) is 3.40. The molecule has 2 rings (SSSR count). The van der Waals surface area contributed by atoms with Crippen molar-refractivity contribution in [1.82, 2.24) is 9.55 Å². The zero-order valence-electron chi connectivity index (χ0n) is 10.3. The van der Waals surface area contributed by atoms with Crippen LogP contribution in [-0.4, -0.2) is 16.1 Å². The first-order valence-electron chi connectivity index (χ1n) is 6.19. The zero-order valence-corrected chi connectivity index (χ0v) is 10.3. The third-order valence-corrected chi connectivity index (χ3v) is 2.73. The number of aryl methyl sites for hydroxylation is 1. The van der Waals surface area contributed by atoms with Crippen LogP contribution in [0.3, 0.4) is 0 Å². The second-order valence-corrected chi connectivity index (χ2v) is 4.08. The van der Waals surface area contributed by atoms with E-state index in [-0.39, 0.29) is 0 Å². The van der Waals surface area contributed by atoms with Gasteiger partial charge in [0.05, 0.1) is 0 Å². The summed E-state index contributed by atoms with van der Waals surface area (Å²) in [7, 11) is 0. The first-order chi connectivity index (χ1) is 8.40. The minimum absolute atomic E-state index is 0.928. The summed E-state index contributed by atoms with van der Waals surface area (Å²) >= 11 is 0. The van der Waals surface area contributed by atoms with Crippen LogP contribution in [0.15, 0.2) is 42.7 Å². The molecule has 3 nitrogen and oxygen atoms in total. The average Bonchev–Trinajstić information content (AvgIpc) is 2.79. The van der Waals surface area contributed by atoms with Crippen molar-refractivity contribution in [3.8, 4) is 0 Å². The standard InChI is InChI=1S/C14H19N3/c1-2-6-14-16-10-12-17(14)11-9-15-13-7-4-3-5-8-13/h3-5,7-8,10,12,15H,2,6,9,11H2,1H3. The lowest BCUT2D eigenvalue weighted by Gasteiger charge is -2.09. The SMILES string of the molecule is CCCc1nccn1CCNc1ccccc1. The minimum atomic E-state index is 0.928. The molecule has 0 bridgehead atoms. The van der Waals surface area contributed by atoms with E-state index >= 15 is 0 Å². The van der Waals surface area contributed by atoms with E-state index in [2.05, 4.69) is 40.1 Å². The maximum atomic E-state index is 4.37. The number of hydrogen-bond donors (Lipinski definition) is 1. The second kappa shape index (κ2) is 6.09. The maximum Gasteiger partial charge on any atom is 0.108 e. The topological polar surface area (TPSA) is 29.9 Å². The lowest BCUT2D eigenvalue weighted by Crippen LogP contribution is -2.12. The molecule has 3 heteroatoms. The minimum Gasteiger partial charge on any atom is -0.383 e. The summed E-state index contributed by atoms with van der Waals surface area (Å²) in [6, 6.07) is 10.3. The third kappa shape index (κ3) is 3.34. The van der Waals surface area contributed by atoms with Crippen molar-refractivity contribution in [1.29, 1.82) is 0 Å². The highest BCUT2D eigenvalue weighted by Gasteiger charge is 2.00. The molecule has 0 unspecified atom stereocenters. The first-order valence-corrected chi connectivity index (χ1v) is 6.19. The lowest BCUT2D eigenvalue weighted by atomic mass is 10.3. The van der Waals surface area contributed by atoms with Crippen LogP contribution in [0.5, 0.6) is 0 Å². The van der Waals surface area contributed by atoms with Crippen LogP contribution in [0.25, 0.3) is 0 Å². The van der Waals surface area contributed by atoms with Gasteiger partial charge < -0.3 is 9.88 Å². The van der Waals surface area contributed by atoms with Crippen molar-refractivity contribution in [2.45, 2.75) is 26.3 Å². The molecule has 90 valence electrons. The number of nitrogens with one attached hydrogen (secondary N) is 1. The molecule has 0 radical (unpaired) electrons. The maximum absolute atomic E-state index is 4.37. The predicted molar refractivity (Wildman–Crippen MR) is 71.2 cm³/mol. The van der Waals surface area contributed by atoms with Crippen LogP contribution in [0, 0.1) is 0 Å². The Bertz CT molecular complexity index is 434. The zero-order chi connectivity index (χ0) is 11.9. The van der Waals surface area contributed by atoms with Crippen molar-refractivity contribution in [3.05, 3.63) is 48.5 Å². The Kier molecular flexibility index (Phi) is 4.19. The van der Waals surface area contributed by atoms with Gasteiger partial charge in [-0.2, -0.15) is 0 Å². The number of benzene rings is 1. The Morgan fingerprint density at radius 3 is 2.82 bits per heavy atom. The first kappa shape index (κ1) is 11.7. The van der Waals surface area contributed by atoms with Crippen LogP contribution in [0.1, 0.15) is 19.2 Å². The molecule has 1 heterocycles. The van der Waals surface area contributed by atoms with E-state index in [4.69, 9.17) is 0 Å². The van der Waals surface area contributed by atoms with Crippen molar-refractivity contribution in [2.75, 3.05) is 11.9 Å². The number of hydrogen-bond acceptors (Lipinski definition) is 2. The van der Waals surface area contributed by atoms with Gasteiger partial charge in [0.2, 0.25) is 0 Å². The molecule has 0 atom stereocenters. The van der Waals surface area contributed by atoms with E-state index < -0.39 is 0 Å². The number of rotatable bonds is 6. The fraction of sp³-hybridized carbons (Fsp3) is 0.357. The number of para-hydroxylation sites is 1. The van der Waals surface area contributed by atoms with Crippen LogP contribution in [0.4, 0.5) is 5.69 Å². The summed E-state index contributed by atoms with van der Waals surface area (Å²) < 4.78 is 2.22. The Labute approximate surface area is 103 Å². The molecular weight excluding hydrogens is 210 g/mol. The van der Waals surface area contributed by atoms with Crippen LogP contribution < -0.4 is 5.32 Å². The van der Waals surface area contributed by atoms with Gasteiger partial charge in [0.15, 0.2) is 0 Å². The molecule has 0 aliphatic rings. The molecule has 0 aliphatic carbocycles. The largest absolute Gasteiger partial charge is 0.383 e. The van der Waals surface area contributed by atoms with Gasteiger partial charge >= 0.3 is 0 Å². The molecule has 1 aromatic heterocycles. The Balaban J connectivity index is 1.84. The van der Waals surface area contributed by atoms with E-state index in [1.165, 1.54) is 11.5 Å². The van der Waals surface area contributed by atoms with Crippen molar-refractivity contribution in [3.63, 3.8) is 0 Å². The predicted octanol–water partition coefficient (Wildman–Crippen LogP) is 2.95. The Morgan fingerprint density at radius 1 is 1.24 bits per heavy atom. The smallest absolute Gasteiger partial charge is 0.108 e. The highest BCUT2D eigenvalue weighted by molar-refractivity contribution is 5.42. The van der Waals surface area contributed by atoms with Gasteiger partial charge in [-0.05, 0) is 18.6 Å². The van der Waals surface area contributed by atoms with Crippen LogP contribution >= 0.6 is 0 Å². The van der Waals surface area contributed by atoms with Gasteiger partial charge in [-0.1, -0.05) is 25.1 Å². The van der Waals surface area contributed by atoms with Gasteiger partial charge in [-0.15, -0.1) is 0 Å². The van der Waals surface area contributed by atoms with E-state index in [1.807, 2.05) is 24.4 Å².